The van der Waals surface area contributed by atoms with Crippen LogP contribution in [0.15, 0.2) is 11.6 Å². The number of hydrogen-bond acceptors (Lipinski definition) is 2. The third-order valence-corrected chi connectivity index (χ3v) is 4.73. The maximum Gasteiger partial charge on any atom is 0.303 e. The molecule has 3 atom stereocenters. The molecule has 0 unspecified atom stereocenters. The summed E-state index contributed by atoms with van der Waals surface area (Å²) in [5.74, 6) is 0.671. The zero-order valence-corrected chi connectivity index (χ0v) is 15.5. The summed E-state index contributed by atoms with van der Waals surface area (Å²) < 4.78 is 0. The van der Waals surface area contributed by atoms with Crippen LogP contribution in [0.2, 0.25) is 0 Å². The van der Waals surface area contributed by atoms with Crippen molar-refractivity contribution in [2.45, 2.75) is 60.8 Å². The maximum absolute atomic E-state index is 12.1. The molecule has 1 aliphatic carbocycles. The second kappa shape index (κ2) is 7.98. The van der Waals surface area contributed by atoms with Gasteiger partial charge in [-0.3, -0.25) is 9.59 Å². The van der Waals surface area contributed by atoms with Gasteiger partial charge in [-0.2, -0.15) is 0 Å². The minimum absolute atomic E-state index is 0.00750. The molecular formula is C19H33NO3. The first-order chi connectivity index (χ1) is 10.5. The van der Waals surface area contributed by atoms with Gasteiger partial charge >= 0.3 is 5.97 Å². The van der Waals surface area contributed by atoms with E-state index in [-0.39, 0.29) is 23.7 Å². The maximum atomic E-state index is 12.1. The van der Waals surface area contributed by atoms with Crippen LogP contribution in [0.25, 0.3) is 0 Å². The molecule has 0 fully saturated rings. The Bertz CT molecular complexity index is 460. The smallest absolute Gasteiger partial charge is 0.303 e. The van der Waals surface area contributed by atoms with Gasteiger partial charge in [-0.1, -0.05) is 46.3 Å². The normalized spacial score (nSPS) is 25.2. The van der Waals surface area contributed by atoms with Crippen molar-refractivity contribution < 1.29 is 14.7 Å². The van der Waals surface area contributed by atoms with E-state index in [1.807, 2.05) is 6.92 Å². The Kier molecular flexibility index (Phi) is 6.84. The van der Waals surface area contributed by atoms with E-state index in [2.05, 4.69) is 46.0 Å². The number of carbonyl (C=O) groups is 2. The van der Waals surface area contributed by atoms with Crippen molar-refractivity contribution >= 4 is 11.9 Å². The molecule has 0 saturated carbocycles. The number of nitrogens with one attached hydrogen (secondary N) is 1. The number of hydrogen-bond donors (Lipinski definition) is 2. The van der Waals surface area contributed by atoms with Crippen LogP contribution in [0, 0.1) is 29.1 Å². The molecule has 132 valence electrons. The fourth-order valence-corrected chi connectivity index (χ4v) is 3.49. The first-order valence-corrected chi connectivity index (χ1v) is 8.66. The third-order valence-electron chi connectivity index (χ3n) is 4.73. The molecule has 0 radical (unpaired) electrons. The van der Waals surface area contributed by atoms with Crippen molar-refractivity contribution in [3.05, 3.63) is 11.6 Å². The summed E-state index contributed by atoms with van der Waals surface area (Å²) in [6.07, 6.45) is 3.82. The second-order valence-corrected chi connectivity index (χ2v) is 8.55. The average Bonchev–Trinajstić information content (AvgIpc) is 2.36. The number of aliphatic carboxylic acids is 1. The average molecular weight is 323 g/mol. The Hall–Kier alpha value is -1.32. The summed E-state index contributed by atoms with van der Waals surface area (Å²) in [5.41, 5.74) is 1.14. The highest BCUT2D eigenvalue weighted by Gasteiger charge is 2.32. The molecule has 1 aliphatic rings. The van der Waals surface area contributed by atoms with Gasteiger partial charge in [0, 0.05) is 13.0 Å². The summed E-state index contributed by atoms with van der Waals surface area (Å²) in [6, 6.07) is 0. The number of carbonyl (C=O) groups excluding carboxylic acids is 1. The molecule has 0 saturated heterocycles. The molecule has 1 amide bonds. The molecule has 1 rings (SSSR count). The Morgan fingerprint density at radius 1 is 1.35 bits per heavy atom. The predicted octanol–water partition coefficient (Wildman–Crippen LogP) is 3.87. The quantitative estimate of drug-likeness (QED) is 0.729. The van der Waals surface area contributed by atoms with Crippen LogP contribution in [-0.2, 0) is 9.59 Å². The number of carboxylic acids is 1. The van der Waals surface area contributed by atoms with Gasteiger partial charge in [0.15, 0.2) is 0 Å². The zero-order chi connectivity index (χ0) is 17.8. The van der Waals surface area contributed by atoms with Crippen LogP contribution in [0.5, 0.6) is 0 Å². The standard InChI is InChI=1S/C19H33NO3/c1-12(2)16-8-14(9-18(22)23)13(3)7-15(16)11-20-17(21)10-19(4,5)6/h7,12,14-16H,8-11H2,1-6H3,(H,20,21)(H,22,23)/t14-,15-,16-/m0/s1. The molecule has 4 heteroatoms. The van der Waals surface area contributed by atoms with E-state index in [0.29, 0.717) is 30.7 Å². The molecule has 0 aliphatic heterocycles. The highest BCUT2D eigenvalue weighted by molar-refractivity contribution is 5.76. The van der Waals surface area contributed by atoms with Crippen molar-refractivity contribution in [1.29, 1.82) is 0 Å². The lowest BCUT2D eigenvalue weighted by molar-refractivity contribution is -0.138. The van der Waals surface area contributed by atoms with Gasteiger partial charge in [-0.05, 0) is 42.4 Å². The number of rotatable bonds is 6. The van der Waals surface area contributed by atoms with E-state index in [1.165, 1.54) is 0 Å². The Morgan fingerprint density at radius 2 is 1.96 bits per heavy atom. The number of allylic oxidation sites excluding steroid dienone is 1. The zero-order valence-electron chi connectivity index (χ0n) is 15.5. The Labute approximate surface area is 140 Å². The number of carboxylic acid groups (broad SMARTS) is 1. The molecule has 0 bridgehead atoms. The third kappa shape index (κ3) is 6.76. The van der Waals surface area contributed by atoms with Gasteiger partial charge < -0.3 is 10.4 Å². The van der Waals surface area contributed by atoms with Gasteiger partial charge in [-0.15, -0.1) is 0 Å². The van der Waals surface area contributed by atoms with E-state index in [4.69, 9.17) is 5.11 Å². The Morgan fingerprint density at radius 3 is 2.43 bits per heavy atom. The lowest BCUT2D eigenvalue weighted by Gasteiger charge is -2.37. The van der Waals surface area contributed by atoms with Gasteiger partial charge in [0.2, 0.25) is 5.91 Å². The molecular weight excluding hydrogens is 290 g/mol. The van der Waals surface area contributed by atoms with E-state index < -0.39 is 5.97 Å². The second-order valence-electron chi connectivity index (χ2n) is 8.55. The van der Waals surface area contributed by atoms with E-state index in [1.54, 1.807) is 0 Å². The van der Waals surface area contributed by atoms with E-state index >= 15 is 0 Å². The van der Waals surface area contributed by atoms with Crippen LogP contribution in [0.1, 0.15) is 60.8 Å². The van der Waals surface area contributed by atoms with E-state index in [0.717, 1.165) is 12.0 Å². The highest BCUT2D eigenvalue weighted by Crippen LogP contribution is 2.38. The fraction of sp³-hybridized carbons (Fsp3) is 0.789. The molecule has 0 aromatic carbocycles. The van der Waals surface area contributed by atoms with Crippen molar-refractivity contribution in [3.63, 3.8) is 0 Å². The summed E-state index contributed by atoms with van der Waals surface area (Å²) in [7, 11) is 0. The SMILES string of the molecule is CC1=C[C@@H](CNC(=O)CC(C)(C)C)[C@H](C(C)C)C[C@H]1CC(=O)O. The molecule has 0 spiro atoms. The van der Waals surface area contributed by atoms with Gasteiger partial charge in [0.1, 0.15) is 0 Å². The molecule has 4 nitrogen and oxygen atoms in total. The van der Waals surface area contributed by atoms with Gasteiger partial charge in [0.25, 0.3) is 0 Å². The van der Waals surface area contributed by atoms with Crippen LogP contribution in [0.3, 0.4) is 0 Å². The molecule has 23 heavy (non-hydrogen) atoms. The monoisotopic (exact) mass is 323 g/mol. The van der Waals surface area contributed by atoms with Gasteiger partial charge in [0.05, 0.1) is 6.42 Å². The summed E-state index contributed by atoms with van der Waals surface area (Å²) in [4.78, 5) is 23.1. The minimum atomic E-state index is -0.734. The van der Waals surface area contributed by atoms with Crippen LogP contribution >= 0.6 is 0 Å². The highest BCUT2D eigenvalue weighted by atomic mass is 16.4. The summed E-state index contributed by atoms with van der Waals surface area (Å²) in [5, 5.41) is 12.1. The van der Waals surface area contributed by atoms with Gasteiger partial charge in [-0.25, -0.2) is 0 Å². The summed E-state index contributed by atoms with van der Waals surface area (Å²) >= 11 is 0. The fourth-order valence-electron chi connectivity index (χ4n) is 3.49. The van der Waals surface area contributed by atoms with Crippen LogP contribution in [-0.4, -0.2) is 23.5 Å². The Balaban J connectivity index is 2.73. The first kappa shape index (κ1) is 19.7. The molecule has 2 N–H and O–H groups in total. The van der Waals surface area contributed by atoms with Crippen molar-refractivity contribution in [2.75, 3.05) is 6.54 Å². The largest absolute Gasteiger partial charge is 0.481 e. The van der Waals surface area contributed by atoms with Crippen LogP contribution < -0.4 is 5.32 Å². The molecule has 0 heterocycles. The lowest BCUT2D eigenvalue weighted by Crippen LogP contribution is -2.38. The van der Waals surface area contributed by atoms with E-state index in [9.17, 15) is 9.59 Å². The number of amides is 1. The first-order valence-electron chi connectivity index (χ1n) is 8.66. The molecule has 0 aromatic rings. The lowest BCUT2D eigenvalue weighted by atomic mass is 9.70. The summed E-state index contributed by atoms with van der Waals surface area (Å²) in [6.45, 7) is 13.2. The predicted molar refractivity (Wildman–Crippen MR) is 93.0 cm³/mol. The van der Waals surface area contributed by atoms with Crippen molar-refractivity contribution in [3.8, 4) is 0 Å². The minimum Gasteiger partial charge on any atom is -0.481 e. The topological polar surface area (TPSA) is 66.4 Å². The molecule has 0 aromatic heterocycles. The van der Waals surface area contributed by atoms with Crippen molar-refractivity contribution in [1.82, 2.24) is 5.32 Å². The van der Waals surface area contributed by atoms with Crippen LogP contribution in [0.4, 0.5) is 0 Å². The van der Waals surface area contributed by atoms with Crippen molar-refractivity contribution in [2.24, 2.45) is 29.1 Å².